The summed E-state index contributed by atoms with van der Waals surface area (Å²) in [5.41, 5.74) is 0.919. The highest BCUT2D eigenvalue weighted by molar-refractivity contribution is 6.28. The summed E-state index contributed by atoms with van der Waals surface area (Å²) in [6.45, 7) is 3.06. The summed E-state index contributed by atoms with van der Waals surface area (Å²) in [5, 5.41) is 9.77. The standard InChI is InChI=1S/C10H13ClN6O/c1-2-5-18-10-15-8(11)14-9(16-10)12-6-7-3-4-13-17-7/h3-4H,2,5-6H2,1H3,(H,13,17)(H,12,14,15,16). The summed E-state index contributed by atoms with van der Waals surface area (Å²) in [5.74, 6) is 0.371. The number of aromatic nitrogens is 5. The third-order valence-electron chi connectivity index (χ3n) is 2.02. The molecule has 0 aliphatic carbocycles. The fraction of sp³-hybridized carbons (Fsp3) is 0.400. The topological polar surface area (TPSA) is 88.6 Å². The molecule has 0 aliphatic rings. The molecule has 96 valence electrons. The Morgan fingerprint density at radius 3 is 3.00 bits per heavy atom. The number of aromatic amines is 1. The van der Waals surface area contributed by atoms with E-state index >= 15 is 0 Å². The molecule has 18 heavy (non-hydrogen) atoms. The Kier molecular flexibility index (Phi) is 4.30. The summed E-state index contributed by atoms with van der Waals surface area (Å²) in [4.78, 5) is 11.9. The molecule has 2 N–H and O–H groups in total. The second-order valence-corrected chi connectivity index (χ2v) is 3.83. The number of ether oxygens (including phenoxy) is 1. The van der Waals surface area contributed by atoms with E-state index in [4.69, 9.17) is 16.3 Å². The van der Waals surface area contributed by atoms with E-state index in [0.717, 1.165) is 12.1 Å². The molecule has 0 amide bonds. The zero-order chi connectivity index (χ0) is 12.8. The van der Waals surface area contributed by atoms with Crippen molar-refractivity contribution in [3.8, 4) is 6.01 Å². The minimum Gasteiger partial charge on any atom is -0.463 e. The molecule has 0 fully saturated rings. The molecule has 2 aromatic heterocycles. The van der Waals surface area contributed by atoms with Crippen molar-refractivity contribution < 1.29 is 4.74 Å². The molecule has 0 aromatic carbocycles. The van der Waals surface area contributed by atoms with Crippen molar-refractivity contribution in [2.75, 3.05) is 11.9 Å². The van der Waals surface area contributed by atoms with Gasteiger partial charge in [0.1, 0.15) is 0 Å². The van der Waals surface area contributed by atoms with Crippen molar-refractivity contribution in [2.24, 2.45) is 0 Å². The molecular formula is C10H13ClN6O. The van der Waals surface area contributed by atoms with E-state index in [1.807, 2.05) is 13.0 Å². The number of anilines is 1. The normalized spacial score (nSPS) is 10.3. The van der Waals surface area contributed by atoms with Gasteiger partial charge in [-0.1, -0.05) is 6.92 Å². The minimum absolute atomic E-state index is 0.100. The predicted molar refractivity (Wildman–Crippen MR) is 66.5 cm³/mol. The van der Waals surface area contributed by atoms with Gasteiger partial charge in [0, 0.05) is 6.20 Å². The van der Waals surface area contributed by atoms with E-state index in [1.54, 1.807) is 6.20 Å². The van der Waals surface area contributed by atoms with Crippen molar-refractivity contribution in [3.63, 3.8) is 0 Å². The van der Waals surface area contributed by atoms with E-state index in [0.29, 0.717) is 19.1 Å². The van der Waals surface area contributed by atoms with Crippen LogP contribution in [0, 0.1) is 0 Å². The Labute approximate surface area is 109 Å². The van der Waals surface area contributed by atoms with Crippen LogP contribution >= 0.6 is 11.6 Å². The largest absolute Gasteiger partial charge is 0.463 e. The van der Waals surface area contributed by atoms with Crippen LogP contribution in [0.5, 0.6) is 6.01 Å². The van der Waals surface area contributed by atoms with Gasteiger partial charge in [-0.2, -0.15) is 20.1 Å². The van der Waals surface area contributed by atoms with Gasteiger partial charge in [0.15, 0.2) is 0 Å². The van der Waals surface area contributed by atoms with Gasteiger partial charge in [-0.05, 0) is 24.1 Å². The maximum atomic E-state index is 5.79. The van der Waals surface area contributed by atoms with Gasteiger partial charge in [0.2, 0.25) is 11.2 Å². The molecule has 0 atom stereocenters. The molecule has 2 rings (SSSR count). The fourth-order valence-corrected chi connectivity index (χ4v) is 1.38. The van der Waals surface area contributed by atoms with Gasteiger partial charge >= 0.3 is 6.01 Å². The third-order valence-corrected chi connectivity index (χ3v) is 2.19. The van der Waals surface area contributed by atoms with Crippen LogP contribution in [0.3, 0.4) is 0 Å². The van der Waals surface area contributed by atoms with Crippen LogP contribution in [0.2, 0.25) is 5.28 Å². The second kappa shape index (κ2) is 6.15. The maximum absolute atomic E-state index is 5.79. The lowest BCUT2D eigenvalue weighted by molar-refractivity contribution is 0.291. The summed E-state index contributed by atoms with van der Waals surface area (Å²) >= 11 is 5.79. The summed E-state index contributed by atoms with van der Waals surface area (Å²) in [7, 11) is 0. The quantitative estimate of drug-likeness (QED) is 0.828. The van der Waals surface area contributed by atoms with Gasteiger partial charge < -0.3 is 10.1 Å². The highest BCUT2D eigenvalue weighted by Gasteiger charge is 2.05. The second-order valence-electron chi connectivity index (χ2n) is 3.49. The fourth-order valence-electron chi connectivity index (χ4n) is 1.23. The molecule has 0 bridgehead atoms. The molecule has 2 heterocycles. The minimum atomic E-state index is 0.100. The zero-order valence-electron chi connectivity index (χ0n) is 9.85. The van der Waals surface area contributed by atoms with Gasteiger partial charge in [0.25, 0.3) is 0 Å². The van der Waals surface area contributed by atoms with Crippen LogP contribution in [0.4, 0.5) is 5.95 Å². The highest BCUT2D eigenvalue weighted by Crippen LogP contribution is 2.12. The van der Waals surface area contributed by atoms with Crippen LogP contribution < -0.4 is 10.1 Å². The van der Waals surface area contributed by atoms with Gasteiger partial charge in [-0.3, -0.25) is 5.10 Å². The lowest BCUT2D eigenvalue weighted by Gasteiger charge is -2.06. The Hall–Kier alpha value is -1.89. The summed E-state index contributed by atoms with van der Waals surface area (Å²) < 4.78 is 5.31. The van der Waals surface area contributed by atoms with Crippen LogP contribution in [0.1, 0.15) is 19.0 Å². The Balaban J connectivity index is 2.00. The van der Waals surface area contributed by atoms with Crippen LogP contribution in [0.25, 0.3) is 0 Å². The molecule has 0 unspecified atom stereocenters. The van der Waals surface area contributed by atoms with E-state index in [9.17, 15) is 0 Å². The SMILES string of the molecule is CCCOc1nc(Cl)nc(NCc2ccn[nH]2)n1. The molecular weight excluding hydrogens is 256 g/mol. The monoisotopic (exact) mass is 268 g/mol. The Bertz CT molecular complexity index is 489. The Morgan fingerprint density at radius 1 is 1.39 bits per heavy atom. The molecule has 8 heteroatoms. The number of rotatable bonds is 6. The number of hydrogen-bond donors (Lipinski definition) is 2. The number of H-pyrrole nitrogens is 1. The van der Waals surface area contributed by atoms with Crippen molar-refractivity contribution >= 4 is 17.5 Å². The number of hydrogen-bond acceptors (Lipinski definition) is 6. The first-order chi connectivity index (χ1) is 8.78. The van der Waals surface area contributed by atoms with E-state index in [-0.39, 0.29) is 11.3 Å². The van der Waals surface area contributed by atoms with Crippen LogP contribution in [-0.4, -0.2) is 31.8 Å². The predicted octanol–water partition coefficient (Wildman–Crippen LogP) is 1.65. The van der Waals surface area contributed by atoms with Crippen LogP contribution in [-0.2, 0) is 6.54 Å². The first kappa shape index (κ1) is 12.6. The Morgan fingerprint density at radius 2 is 2.28 bits per heavy atom. The maximum Gasteiger partial charge on any atom is 0.322 e. The average Bonchev–Trinajstić information content (AvgIpc) is 2.86. The third kappa shape index (κ3) is 3.56. The lowest BCUT2D eigenvalue weighted by Crippen LogP contribution is -2.07. The highest BCUT2D eigenvalue weighted by atomic mass is 35.5. The molecule has 2 aromatic rings. The first-order valence-electron chi connectivity index (χ1n) is 5.54. The van der Waals surface area contributed by atoms with E-state index in [2.05, 4.69) is 30.5 Å². The van der Waals surface area contributed by atoms with Crippen molar-refractivity contribution in [2.45, 2.75) is 19.9 Å². The zero-order valence-corrected chi connectivity index (χ0v) is 10.6. The molecule has 0 radical (unpaired) electrons. The number of halogens is 1. The molecule has 7 nitrogen and oxygen atoms in total. The first-order valence-corrected chi connectivity index (χ1v) is 5.92. The smallest absolute Gasteiger partial charge is 0.322 e. The number of nitrogens with one attached hydrogen (secondary N) is 2. The van der Waals surface area contributed by atoms with Crippen molar-refractivity contribution in [1.29, 1.82) is 0 Å². The van der Waals surface area contributed by atoms with E-state index in [1.165, 1.54) is 0 Å². The lowest BCUT2D eigenvalue weighted by atomic mass is 10.4. The van der Waals surface area contributed by atoms with Crippen molar-refractivity contribution in [1.82, 2.24) is 25.1 Å². The van der Waals surface area contributed by atoms with Gasteiger partial charge in [-0.15, -0.1) is 0 Å². The van der Waals surface area contributed by atoms with Gasteiger partial charge in [0.05, 0.1) is 18.8 Å². The summed E-state index contributed by atoms with van der Waals surface area (Å²) in [6.07, 6.45) is 2.55. The molecule has 0 aliphatic heterocycles. The average molecular weight is 269 g/mol. The number of nitrogens with zero attached hydrogens (tertiary/aromatic N) is 4. The molecule has 0 spiro atoms. The van der Waals surface area contributed by atoms with E-state index < -0.39 is 0 Å². The molecule has 0 saturated heterocycles. The van der Waals surface area contributed by atoms with Crippen molar-refractivity contribution in [3.05, 3.63) is 23.2 Å². The van der Waals surface area contributed by atoms with Gasteiger partial charge in [-0.25, -0.2) is 0 Å². The summed E-state index contributed by atoms with van der Waals surface area (Å²) in [6, 6.07) is 2.08. The van der Waals surface area contributed by atoms with Crippen LogP contribution in [0.15, 0.2) is 12.3 Å². The molecule has 0 saturated carbocycles.